The maximum atomic E-state index is 13.0. The molecular formula is C67H129N2O6P. The normalized spacial score (nSPS) is 14.0. The first-order valence-corrected chi connectivity index (χ1v) is 34.5. The van der Waals surface area contributed by atoms with Crippen LogP contribution in [0.5, 0.6) is 0 Å². The summed E-state index contributed by atoms with van der Waals surface area (Å²) in [6, 6.07) is -0.886. The lowest BCUT2D eigenvalue weighted by atomic mass is 10.0. The topological polar surface area (TPSA) is 108 Å². The molecule has 2 N–H and O–H groups in total. The summed E-state index contributed by atoms with van der Waals surface area (Å²) in [7, 11) is 1.27. The summed E-state index contributed by atoms with van der Waals surface area (Å²) in [5.41, 5.74) is 0. The fourth-order valence-corrected chi connectivity index (χ4v) is 10.6. The van der Waals surface area contributed by atoms with Crippen molar-refractivity contribution in [3.05, 3.63) is 48.6 Å². The zero-order chi connectivity index (χ0) is 55.6. The van der Waals surface area contributed by atoms with Gasteiger partial charge in [-0.2, -0.15) is 0 Å². The maximum Gasteiger partial charge on any atom is 0.268 e. The van der Waals surface area contributed by atoms with Gasteiger partial charge < -0.3 is 28.8 Å². The fourth-order valence-electron chi connectivity index (χ4n) is 9.87. The number of allylic oxidation sites excluding steroid dienone is 7. The van der Waals surface area contributed by atoms with Crippen molar-refractivity contribution in [2.45, 2.75) is 334 Å². The lowest BCUT2D eigenvalue weighted by Crippen LogP contribution is -2.45. The lowest BCUT2D eigenvalue weighted by Gasteiger charge is -2.29. The Morgan fingerprint density at radius 3 is 1.11 bits per heavy atom. The van der Waals surface area contributed by atoms with Crippen molar-refractivity contribution in [1.29, 1.82) is 0 Å². The van der Waals surface area contributed by atoms with Crippen LogP contribution in [0.1, 0.15) is 322 Å². The Morgan fingerprint density at radius 2 is 0.763 bits per heavy atom. The van der Waals surface area contributed by atoms with E-state index in [1.165, 1.54) is 250 Å². The minimum atomic E-state index is -4.60. The Hall–Kier alpha value is -1.54. The molecule has 0 bridgehead atoms. The van der Waals surface area contributed by atoms with E-state index in [-0.39, 0.29) is 19.1 Å². The highest BCUT2D eigenvalue weighted by molar-refractivity contribution is 7.45. The highest BCUT2D eigenvalue weighted by atomic mass is 31.2. The summed E-state index contributed by atoms with van der Waals surface area (Å²) in [5.74, 6) is -0.192. The summed E-state index contributed by atoms with van der Waals surface area (Å²) in [4.78, 5) is 25.6. The van der Waals surface area contributed by atoms with E-state index in [1.54, 1.807) is 6.08 Å². The summed E-state index contributed by atoms with van der Waals surface area (Å²) in [6.07, 6.45) is 77.9. The van der Waals surface area contributed by atoms with Gasteiger partial charge in [0.25, 0.3) is 7.82 Å². The molecule has 0 aromatic rings. The molecule has 448 valence electrons. The van der Waals surface area contributed by atoms with Crippen molar-refractivity contribution in [1.82, 2.24) is 5.32 Å². The molecule has 0 aliphatic heterocycles. The average molecular weight is 1090 g/mol. The smallest absolute Gasteiger partial charge is 0.268 e. The number of amides is 1. The number of carbonyl (C=O) groups is 1. The molecule has 0 aliphatic rings. The molecule has 0 heterocycles. The Balaban J connectivity index is 4.02. The second-order valence-corrected chi connectivity index (χ2v) is 25.2. The predicted molar refractivity (Wildman–Crippen MR) is 330 cm³/mol. The molecule has 0 aromatic heterocycles. The van der Waals surface area contributed by atoms with E-state index >= 15 is 0 Å². The molecule has 0 spiro atoms. The van der Waals surface area contributed by atoms with E-state index in [0.717, 1.165) is 51.4 Å². The van der Waals surface area contributed by atoms with Gasteiger partial charge in [-0.1, -0.05) is 306 Å². The second kappa shape index (κ2) is 58.1. The van der Waals surface area contributed by atoms with E-state index in [1.807, 2.05) is 27.2 Å². The highest BCUT2D eigenvalue weighted by Crippen LogP contribution is 2.38. The number of hydrogen-bond donors (Lipinski definition) is 2. The molecule has 0 rings (SSSR count). The van der Waals surface area contributed by atoms with Crippen LogP contribution in [-0.2, 0) is 18.4 Å². The van der Waals surface area contributed by atoms with Crippen LogP contribution in [0.4, 0.5) is 0 Å². The number of unbranched alkanes of at least 4 members (excludes halogenated alkanes) is 42. The number of quaternary nitrogens is 1. The van der Waals surface area contributed by atoms with Crippen LogP contribution in [0, 0.1) is 0 Å². The SMILES string of the molecule is CCCCCCC/C=C\C/C=C\C/C=C\CCCCCCCCCCCCCCCCCCCCCCC(=O)NC(COP(=O)([O-])OCC[N+](C)(C)C)C(O)/C=C/CCCCCCCCCCCCCCCCCCC. The highest BCUT2D eigenvalue weighted by Gasteiger charge is 2.23. The van der Waals surface area contributed by atoms with Crippen molar-refractivity contribution < 1.29 is 32.9 Å². The Labute approximate surface area is 473 Å². The number of nitrogens with one attached hydrogen (secondary N) is 1. The standard InChI is InChI=1S/C67H129N2O6P/c1-6-8-10-12-14-16-18-20-22-24-26-27-28-29-30-31-32-33-34-35-36-37-38-39-40-41-43-45-47-49-51-53-55-57-59-61-67(71)68-65(64-75-76(72,73)74-63-62-69(3,4)5)66(70)60-58-56-54-52-50-48-46-44-42-25-23-21-19-17-15-13-11-9-7-2/h18,20,24,26,28-29,58,60,65-66,70H,6-17,19,21-23,25,27,30-57,59,61-64H2,1-5H3,(H-,68,71,72,73)/b20-18-,26-24-,29-28-,60-58+. The van der Waals surface area contributed by atoms with Gasteiger partial charge in [0.15, 0.2) is 0 Å². The maximum absolute atomic E-state index is 13.0. The van der Waals surface area contributed by atoms with Crippen LogP contribution in [0.2, 0.25) is 0 Å². The van der Waals surface area contributed by atoms with Crippen molar-refractivity contribution in [3.63, 3.8) is 0 Å². The van der Waals surface area contributed by atoms with Crippen molar-refractivity contribution in [3.8, 4) is 0 Å². The minimum absolute atomic E-state index is 0.000285. The molecule has 0 aliphatic carbocycles. The van der Waals surface area contributed by atoms with E-state index < -0.39 is 20.0 Å². The number of phosphoric acid groups is 1. The van der Waals surface area contributed by atoms with Crippen molar-refractivity contribution in [2.24, 2.45) is 0 Å². The number of likely N-dealkylation sites (N-methyl/N-ethyl adjacent to an activating group) is 1. The van der Waals surface area contributed by atoms with Gasteiger partial charge in [0.2, 0.25) is 5.91 Å². The zero-order valence-corrected chi connectivity index (χ0v) is 52.1. The summed E-state index contributed by atoms with van der Waals surface area (Å²) in [5, 5.41) is 13.9. The Morgan fingerprint density at radius 1 is 0.461 bits per heavy atom. The molecule has 9 heteroatoms. The van der Waals surface area contributed by atoms with E-state index in [2.05, 4.69) is 55.6 Å². The third-order valence-electron chi connectivity index (χ3n) is 15.0. The second-order valence-electron chi connectivity index (χ2n) is 23.8. The van der Waals surface area contributed by atoms with Crippen LogP contribution in [0.15, 0.2) is 48.6 Å². The Kier molecular flexibility index (Phi) is 56.9. The first kappa shape index (κ1) is 74.5. The fraction of sp³-hybridized carbons (Fsp3) is 0.866. The quantitative estimate of drug-likeness (QED) is 0.0272. The van der Waals surface area contributed by atoms with Crippen LogP contribution in [-0.4, -0.2) is 68.5 Å². The Bertz CT molecular complexity index is 1380. The average Bonchev–Trinajstić information content (AvgIpc) is 3.38. The summed E-state index contributed by atoms with van der Waals surface area (Å²) in [6.45, 7) is 4.68. The molecule has 3 atom stereocenters. The number of rotatable bonds is 61. The van der Waals surface area contributed by atoms with Crippen LogP contribution in [0.3, 0.4) is 0 Å². The molecule has 0 fully saturated rings. The first-order valence-electron chi connectivity index (χ1n) is 33.0. The molecule has 76 heavy (non-hydrogen) atoms. The van der Waals surface area contributed by atoms with Crippen molar-refractivity contribution >= 4 is 13.7 Å². The molecule has 3 unspecified atom stereocenters. The van der Waals surface area contributed by atoms with Crippen molar-refractivity contribution in [2.75, 3.05) is 40.9 Å². The number of aliphatic hydroxyl groups is 1. The van der Waals surface area contributed by atoms with E-state index in [9.17, 15) is 19.4 Å². The molecule has 0 aromatic carbocycles. The number of phosphoric ester groups is 1. The third-order valence-corrected chi connectivity index (χ3v) is 16.0. The van der Waals surface area contributed by atoms with Gasteiger partial charge in [0.05, 0.1) is 39.9 Å². The minimum Gasteiger partial charge on any atom is -0.756 e. The van der Waals surface area contributed by atoms with Crippen LogP contribution >= 0.6 is 7.82 Å². The van der Waals surface area contributed by atoms with E-state index in [4.69, 9.17) is 9.05 Å². The summed E-state index contributed by atoms with van der Waals surface area (Å²) >= 11 is 0. The molecule has 0 radical (unpaired) electrons. The van der Waals surface area contributed by atoms with Gasteiger partial charge in [0, 0.05) is 6.42 Å². The molecule has 8 nitrogen and oxygen atoms in total. The predicted octanol–water partition coefficient (Wildman–Crippen LogP) is 20.0. The van der Waals surface area contributed by atoms with E-state index in [0.29, 0.717) is 17.4 Å². The lowest BCUT2D eigenvalue weighted by molar-refractivity contribution is -0.870. The number of carbonyl (C=O) groups excluding carboxylic acids is 1. The van der Waals surface area contributed by atoms with Gasteiger partial charge in [-0.15, -0.1) is 0 Å². The number of aliphatic hydroxyl groups excluding tert-OH is 1. The molecule has 1 amide bonds. The largest absolute Gasteiger partial charge is 0.756 e. The van der Waals surface area contributed by atoms with Gasteiger partial charge in [-0.05, 0) is 57.8 Å². The molecular weight excluding hydrogens is 960 g/mol. The third kappa shape index (κ3) is 60.1. The number of hydrogen-bond acceptors (Lipinski definition) is 6. The van der Waals surface area contributed by atoms with Crippen LogP contribution in [0.25, 0.3) is 0 Å². The first-order chi connectivity index (χ1) is 37.0. The van der Waals surface area contributed by atoms with Gasteiger partial charge in [0.1, 0.15) is 13.2 Å². The molecule has 0 saturated heterocycles. The van der Waals surface area contributed by atoms with Crippen LogP contribution < -0.4 is 10.2 Å². The van der Waals surface area contributed by atoms with Gasteiger partial charge in [-0.3, -0.25) is 9.36 Å². The van der Waals surface area contributed by atoms with Gasteiger partial charge in [-0.25, -0.2) is 0 Å². The zero-order valence-electron chi connectivity index (χ0n) is 51.2. The van der Waals surface area contributed by atoms with Gasteiger partial charge >= 0.3 is 0 Å². The molecule has 0 saturated carbocycles. The summed E-state index contributed by atoms with van der Waals surface area (Å²) < 4.78 is 23.4. The monoisotopic (exact) mass is 1090 g/mol. The number of nitrogens with zero attached hydrogens (tertiary/aromatic N) is 1.